The molecular weight excluding hydrogens is 316 g/mol. The number of aryl methyl sites for hydroxylation is 1. The van der Waals surface area contributed by atoms with Gasteiger partial charge in [0.25, 0.3) is 5.91 Å². The third-order valence-corrected chi connectivity index (χ3v) is 4.09. The molecule has 1 N–H and O–H groups in total. The molecule has 0 aliphatic rings. The first kappa shape index (κ1) is 16.7. The van der Waals surface area contributed by atoms with Gasteiger partial charge in [-0.2, -0.15) is 5.10 Å². The van der Waals surface area contributed by atoms with Gasteiger partial charge in [-0.25, -0.2) is 9.67 Å². The highest BCUT2D eigenvalue weighted by Crippen LogP contribution is 2.20. The lowest BCUT2D eigenvalue weighted by Gasteiger charge is -2.15. The highest BCUT2D eigenvalue weighted by atomic mass is 16.5. The zero-order valence-corrected chi connectivity index (χ0v) is 14.4. The van der Waals surface area contributed by atoms with Crippen molar-refractivity contribution in [2.24, 2.45) is 0 Å². The Bertz CT molecular complexity index is 858. The van der Waals surface area contributed by atoms with E-state index in [2.05, 4.69) is 15.4 Å². The van der Waals surface area contributed by atoms with E-state index in [0.29, 0.717) is 11.3 Å². The number of carbonyl (C=O) groups excluding carboxylic acids is 1. The Kier molecular flexibility index (Phi) is 4.79. The van der Waals surface area contributed by atoms with Crippen LogP contribution in [0, 0.1) is 6.92 Å². The zero-order valence-electron chi connectivity index (χ0n) is 14.4. The molecule has 0 aliphatic heterocycles. The number of hydrogen-bond acceptors (Lipinski definition) is 4. The van der Waals surface area contributed by atoms with E-state index in [0.717, 1.165) is 16.8 Å². The Hall–Kier alpha value is -3.15. The predicted molar refractivity (Wildman–Crippen MR) is 95.0 cm³/mol. The van der Waals surface area contributed by atoms with Gasteiger partial charge in [-0.1, -0.05) is 18.2 Å². The molecule has 25 heavy (non-hydrogen) atoms. The summed E-state index contributed by atoms with van der Waals surface area (Å²) >= 11 is 0. The molecule has 1 unspecified atom stereocenters. The number of hydrogen-bond donors (Lipinski definition) is 1. The molecule has 6 nitrogen and oxygen atoms in total. The third kappa shape index (κ3) is 3.68. The predicted octanol–water partition coefficient (Wildman–Crippen LogP) is 3.08. The van der Waals surface area contributed by atoms with Crippen LogP contribution in [0.1, 0.15) is 34.5 Å². The maximum atomic E-state index is 12.5. The van der Waals surface area contributed by atoms with Crippen molar-refractivity contribution in [2.75, 3.05) is 7.11 Å². The van der Waals surface area contributed by atoms with Crippen LogP contribution in [0.2, 0.25) is 0 Å². The van der Waals surface area contributed by atoms with Crippen LogP contribution >= 0.6 is 0 Å². The second kappa shape index (κ2) is 7.17. The summed E-state index contributed by atoms with van der Waals surface area (Å²) in [4.78, 5) is 16.4. The van der Waals surface area contributed by atoms with Crippen molar-refractivity contribution in [1.29, 1.82) is 0 Å². The first-order chi connectivity index (χ1) is 12.1. The van der Waals surface area contributed by atoms with Gasteiger partial charge in [-0.05, 0) is 49.2 Å². The second-order valence-electron chi connectivity index (χ2n) is 5.81. The van der Waals surface area contributed by atoms with Crippen LogP contribution in [0.25, 0.3) is 5.69 Å². The van der Waals surface area contributed by atoms with Gasteiger partial charge in [-0.3, -0.25) is 4.79 Å². The Morgan fingerprint density at radius 3 is 2.60 bits per heavy atom. The van der Waals surface area contributed by atoms with E-state index in [1.165, 1.54) is 6.33 Å². The molecule has 1 atom stereocenters. The number of nitrogens with zero attached hydrogens (tertiary/aromatic N) is 3. The van der Waals surface area contributed by atoms with E-state index in [1.807, 2.05) is 44.2 Å². The van der Waals surface area contributed by atoms with Crippen LogP contribution in [0.4, 0.5) is 0 Å². The van der Waals surface area contributed by atoms with Crippen LogP contribution < -0.4 is 10.1 Å². The summed E-state index contributed by atoms with van der Waals surface area (Å²) in [6, 6.07) is 13.1. The summed E-state index contributed by atoms with van der Waals surface area (Å²) in [5.74, 6) is 0.573. The summed E-state index contributed by atoms with van der Waals surface area (Å²) in [6.07, 6.45) is 3.14. The van der Waals surface area contributed by atoms with Gasteiger partial charge >= 0.3 is 0 Å². The molecule has 1 aromatic heterocycles. The number of carbonyl (C=O) groups is 1. The quantitative estimate of drug-likeness (QED) is 0.777. The molecule has 0 aliphatic carbocycles. The van der Waals surface area contributed by atoms with Crippen molar-refractivity contribution in [3.8, 4) is 11.4 Å². The Labute approximate surface area is 146 Å². The van der Waals surface area contributed by atoms with E-state index in [9.17, 15) is 4.79 Å². The average molecular weight is 336 g/mol. The monoisotopic (exact) mass is 336 g/mol. The van der Waals surface area contributed by atoms with E-state index < -0.39 is 0 Å². The van der Waals surface area contributed by atoms with Gasteiger partial charge in [0.2, 0.25) is 0 Å². The van der Waals surface area contributed by atoms with Gasteiger partial charge in [0.15, 0.2) is 0 Å². The molecule has 3 rings (SSSR count). The van der Waals surface area contributed by atoms with Gasteiger partial charge in [-0.15, -0.1) is 0 Å². The molecule has 3 aromatic rings. The van der Waals surface area contributed by atoms with Crippen molar-refractivity contribution in [1.82, 2.24) is 20.1 Å². The standard InChI is InChI=1S/C19H20N4O2/c1-13-4-5-16(10-18(13)25-3)19(24)22-14(2)15-6-8-17(9-7-15)23-12-20-11-21-23/h4-12,14H,1-3H3,(H,22,24). The first-order valence-corrected chi connectivity index (χ1v) is 7.99. The summed E-state index contributed by atoms with van der Waals surface area (Å²) in [5.41, 5.74) is 3.50. The van der Waals surface area contributed by atoms with Gasteiger partial charge < -0.3 is 10.1 Å². The molecule has 0 fully saturated rings. The minimum absolute atomic E-state index is 0.121. The smallest absolute Gasteiger partial charge is 0.251 e. The van der Waals surface area contributed by atoms with E-state index in [-0.39, 0.29) is 11.9 Å². The van der Waals surface area contributed by atoms with Crippen LogP contribution in [0.3, 0.4) is 0 Å². The largest absolute Gasteiger partial charge is 0.496 e. The molecule has 0 bridgehead atoms. The van der Waals surface area contributed by atoms with Crippen LogP contribution in [0.5, 0.6) is 5.75 Å². The fraction of sp³-hybridized carbons (Fsp3) is 0.211. The number of ether oxygens (including phenoxy) is 1. The molecule has 6 heteroatoms. The van der Waals surface area contributed by atoms with Gasteiger partial charge in [0.1, 0.15) is 18.4 Å². The van der Waals surface area contributed by atoms with Crippen molar-refractivity contribution < 1.29 is 9.53 Å². The summed E-state index contributed by atoms with van der Waals surface area (Å²) in [5, 5.41) is 7.10. The molecule has 2 aromatic carbocycles. The third-order valence-electron chi connectivity index (χ3n) is 4.09. The van der Waals surface area contributed by atoms with Crippen molar-refractivity contribution >= 4 is 5.91 Å². The molecule has 128 valence electrons. The van der Waals surface area contributed by atoms with Gasteiger partial charge in [0.05, 0.1) is 18.8 Å². The SMILES string of the molecule is COc1cc(C(=O)NC(C)c2ccc(-n3cncn3)cc2)ccc1C. The lowest BCUT2D eigenvalue weighted by Crippen LogP contribution is -2.26. The minimum atomic E-state index is -0.133. The average Bonchev–Trinajstić information content (AvgIpc) is 3.16. The Morgan fingerprint density at radius 1 is 1.20 bits per heavy atom. The Morgan fingerprint density at radius 2 is 1.96 bits per heavy atom. The summed E-state index contributed by atoms with van der Waals surface area (Å²) in [6.45, 7) is 3.90. The molecule has 0 radical (unpaired) electrons. The van der Waals surface area contributed by atoms with Crippen molar-refractivity contribution in [3.63, 3.8) is 0 Å². The fourth-order valence-electron chi connectivity index (χ4n) is 2.58. The summed E-state index contributed by atoms with van der Waals surface area (Å²) in [7, 11) is 1.60. The molecular formula is C19H20N4O2. The highest BCUT2D eigenvalue weighted by Gasteiger charge is 2.13. The molecule has 0 saturated carbocycles. The molecule has 0 spiro atoms. The maximum absolute atomic E-state index is 12.5. The zero-order chi connectivity index (χ0) is 17.8. The number of aromatic nitrogens is 3. The lowest BCUT2D eigenvalue weighted by molar-refractivity contribution is 0.0939. The first-order valence-electron chi connectivity index (χ1n) is 7.99. The van der Waals surface area contributed by atoms with Gasteiger partial charge in [0, 0.05) is 5.56 Å². The van der Waals surface area contributed by atoms with Crippen LogP contribution in [0.15, 0.2) is 55.1 Å². The normalized spacial score (nSPS) is 11.8. The number of nitrogens with one attached hydrogen (secondary N) is 1. The maximum Gasteiger partial charge on any atom is 0.251 e. The molecule has 1 heterocycles. The number of benzene rings is 2. The van der Waals surface area contributed by atoms with E-state index >= 15 is 0 Å². The van der Waals surface area contributed by atoms with Crippen LogP contribution in [-0.4, -0.2) is 27.8 Å². The van der Waals surface area contributed by atoms with Crippen molar-refractivity contribution in [2.45, 2.75) is 19.9 Å². The minimum Gasteiger partial charge on any atom is -0.496 e. The fourth-order valence-corrected chi connectivity index (χ4v) is 2.58. The molecule has 1 amide bonds. The number of methoxy groups -OCH3 is 1. The highest BCUT2D eigenvalue weighted by molar-refractivity contribution is 5.95. The van der Waals surface area contributed by atoms with E-state index in [4.69, 9.17) is 4.74 Å². The number of rotatable bonds is 5. The lowest BCUT2D eigenvalue weighted by atomic mass is 10.1. The number of amides is 1. The van der Waals surface area contributed by atoms with Crippen LogP contribution in [-0.2, 0) is 0 Å². The molecule has 0 saturated heterocycles. The van der Waals surface area contributed by atoms with E-state index in [1.54, 1.807) is 30.3 Å². The summed E-state index contributed by atoms with van der Waals surface area (Å²) < 4.78 is 6.97. The second-order valence-corrected chi connectivity index (χ2v) is 5.81. The van der Waals surface area contributed by atoms with Crippen molar-refractivity contribution in [3.05, 3.63) is 71.8 Å². The topological polar surface area (TPSA) is 69.0 Å². The Balaban J connectivity index is 1.71.